The third-order valence-corrected chi connectivity index (χ3v) is 4.60. The SMILES string of the molecule is NCc1ccn2c(C3CCCSC3)ncc2c1. The Labute approximate surface area is 105 Å². The standard InChI is InChI=1S/C13H17N3S/c14-7-10-3-4-16-12(6-10)8-15-13(16)11-2-1-5-17-9-11/h3-4,6,8,11H,1-2,5,7,9,14H2. The summed E-state index contributed by atoms with van der Waals surface area (Å²) in [6, 6.07) is 4.22. The van der Waals surface area contributed by atoms with Crippen molar-refractivity contribution in [2.24, 2.45) is 5.73 Å². The monoisotopic (exact) mass is 247 g/mol. The zero-order valence-corrected chi connectivity index (χ0v) is 10.6. The number of nitrogens with zero attached hydrogens (tertiary/aromatic N) is 2. The van der Waals surface area contributed by atoms with Crippen LogP contribution < -0.4 is 5.73 Å². The predicted molar refractivity (Wildman–Crippen MR) is 72.4 cm³/mol. The molecule has 2 N–H and O–H groups in total. The first-order valence-corrected chi connectivity index (χ1v) is 7.27. The van der Waals surface area contributed by atoms with E-state index >= 15 is 0 Å². The fourth-order valence-corrected chi connectivity index (χ4v) is 3.58. The van der Waals surface area contributed by atoms with Gasteiger partial charge in [0.1, 0.15) is 5.82 Å². The van der Waals surface area contributed by atoms with E-state index in [0.29, 0.717) is 12.5 Å². The largest absolute Gasteiger partial charge is 0.326 e. The van der Waals surface area contributed by atoms with Crippen LogP contribution in [0.5, 0.6) is 0 Å². The molecule has 3 nitrogen and oxygen atoms in total. The fourth-order valence-electron chi connectivity index (χ4n) is 2.44. The lowest BCUT2D eigenvalue weighted by molar-refractivity contribution is 0.621. The number of hydrogen-bond donors (Lipinski definition) is 1. The van der Waals surface area contributed by atoms with E-state index < -0.39 is 0 Å². The van der Waals surface area contributed by atoms with Gasteiger partial charge in [0.25, 0.3) is 0 Å². The summed E-state index contributed by atoms with van der Waals surface area (Å²) in [5.41, 5.74) is 7.99. The summed E-state index contributed by atoms with van der Waals surface area (Å²) in [6.45, 7) is 0.594. The lowest BCUT2D eigenvalue weighted by atomic mass is 10.0. The molecule has 3 heterocycles. The van der Waals surface area contributed by atoms with Crippen molar-refractivity contribution in [1.29, 1.82) is 0 Å². The number of hydrogen-bond acceptors (Lipinski definition) is 3. The molecule has 0 amide bonds. The van der Waals surface area contributed by atoms with E-state index in [1.165, 1.54) is 41.3 Å². The van der Waals surface area contributed by atoms with Crippen LogP contribution in [-0.4, -0.2) is 20.9 Å². The Morgan fingerprint density at radius 2 is 2.47 bits per heavy atom. The molecule has 0 aromatic carbocycles. The minimum atomic E-state index is 0.594. The number of imidazole rings is 1. The lowest BCUT2D eigenvalue weighted by Gasteiger charge is -2.20. The van der Waals surface area contributed by atoms with E-state index in [1.807, 2.05) is 18.0 Å². The average Bonchev–Trinajstić information content (AvgIpc) is 2.82. The van der Waals surface area contributed by atoms with Gasteiger partial charge in [-0.05, 0) is 36.3 Å². The fraction of sp³-hybridized carbons (Fsp3) is 0.462. The van der Waals surface area contributed by atoms with Crippen LogP contribution in [0.25, 0.3) is 5.52 Å². The Balaban J connectivity index is 1.99. The first-order chi connectivity index (χ1) is 8.38. The Morgan fingerprint density at radius 3 is 3.24 bits per heavy atom. The summed E-state index contributed by atoms with van der Waals surface area (Å²) in [7, 11) is 0. The topological polar surface area (TPSA) is 43.3 Å². The van der Waals surface area contributed by atoms with Gasteiger partial charge in [-0.25, -0.2) is 4.98 Å². The third-order valence-electron chi connectivity index (χ3n) is 3.39. The molecule has 1 aliphatic rings. The molecule has 17 heavy (non-hydrogen) atoms. The van der Waals surface area contributed by atoms with E-state index in [0.717, 1.165) is 0 Å². The van der Waals surface area contributed by atoms with Crippen molar-refractivity contribution in [3.63, 3.8) is 0 Å². The van der Waals surface area contributed by atoms with Crippen LogP contribution in [0.15, 0.2) is 24.5 Å². The minimum absolute atomic E-state index is 0.594. The van der Waals surface area contributed by atoms with Gasteiger partial charge >= 0.3 is 0 Å². The maximum absolute atomic E-state index is 5.66. The molecule has 1 unspecified atom stereocenters. The van der Waals surface area contributed by atoms with Crippen LogP contribution in [-0.2, 0) is 6.54 Å². The van der Waals surface area contributed by atoms with Gasteiger partial charge in [0.05, 0.1) is 11.7 Å². The highest BCUT2D eigenvalue weighted by atomic mass is 32.2. The summed E-state index contributed by atoms with van der Waals surface area (Å²) < 4.78 is 2.22. The lowest BCUT2D eigenvalue weighted by Crippen LogP contribution is -2.12. The molecule has 1 atom stereocenters. The van der Waals surface area contributed by atoms with Crippen LogP contribution in [0.1, 0.15) is 30.1 Å². The summed E-state index contributed by atoms with van der Waals surface area (Å²) in [6.07, 6.45) is 6.66. The molecule has 3 rings (SSSR count). The highest BCUT2D eigenvalue weighted by Crippen LogP contribution is 2.30. The molecule has 1 saturated heterocycles. The Morgan fingerprint density at radius 1 is 1.53 bits per heavy atom. The van der Waals surface area contributed by atoms with Gasteiger partial charge in [-0.3, -0.25) is 0 Å². The third kappa shape index (κ3) is 2.07. The van der Waals surface area contributed by atoms with Crippen LogP contribution in [0, 0.1) is 0 Å². The van der Waals surface area contributed by atoms with Crippen molar-refractivity contribution in [2.45, 2.75) is 25.3 Å². The molecule has 0 bridgehead atoms. The Bertz CT molecular complexity index is 514. The highest BCUT2D eigenvalue weighted by Gasteiger charge is 2.19. The number of thioether (sulfide) groups is 1. The second-order valence-electron chi connectivity index (χ2n) is 4.56. The van der Waals surface area contributed by atoms with Crippen molar-refractivity contribution in [3.05, 3.63) is 35.9 Å². The normalized spacial score (nSPS) is 20.9. The van der Waals surface area contributed by atoms with E-state index in [4.69, 9.17) is 5.73 Å². The molecule has 2 aromatic heterocycles. The van der Waals surface area contributed by atoms with E-state index in [1.54, 1.807) is 0 Å². The van der Waals surface area contributed by atoms with Crippen molar-refractivity contribution in [3.8, 4) is 0 Å². The molecule has 0 aliphatic carbocycles. The van der Waals surface area contributed by atoms with Crippen molar-refractivity contribution >= 4 is 17.3 Å². The second-order valence-corrected chi connectivity index (χ2v) is 5.71. The zero-order chi connectivity index (χ0) is 11.7. The molecule has 1 fully saturated rings. The van der Waals surface area contributed by atoms with Crippen molar-refractivity contribution in [1.82, 2.24) is 9.38 Å². The van der Waals surface area contributed by atoms with Crippen LogP contribution in [0.2, 0.25) is 0 Å². The van der Waals surface area contributed by atoms with E-state index in [-0.39, 0.29) is 0 Å². The van der Waals surface area contributed by atoms with Gasteiger partial charge in [0.2, 0.25) is 0 Å². The van der Waals surface area contributed by atoms with Crippen LogP contribution in [0.4, 0.5) is 0 Å². The minimum Gasteiger partial charge on any atom is -0.326 e. The second kappa shape index (κ2) is 4.70. The van der Waals surface area contributed by atoms with E-state index in [9.17, 15) is 0 Å². The number of rotatable bonds is 2. The van der Waals surface area contributed by atoms with Crippen LogP contribution >= 0.6 is 11.8 Å². The maximum atomic E-state index is 5.66. The smallest absolute Gasteiger partial charge is 0.117 e. The first-order valence-electron chi connectivity index (χ1n) is 6.12. The highest BCUT2D eigenvalue weighted by molar-refractivity contribution is 7.99. The number of fused-ring (bicyclic) bond motifs is 1. The Hall–Kier alpha value is -1.00. The van der Waals surface area contributed by atoms with Gasteiger partial charge in [-0.15, -0.1) is 0 Å². The molecule has 4 heteroatoms. The van der Waals surface area contributed by atoms with Crippen molar-refractivity contribution in [2.75, 3.05) is 11.5 Å². The van der Waals surface area contributed by atoms with Gasteiger partial charge < -0.3 is 10.1 Å². The van der Waals surface area contributed by atoms with E-state index in [2.05, 4.69) is 27.7 Å². The van der Waals surface area contributed by atoms with Crippen LogP contribution in [0.3, 0.4) is 0 Å². The molecule has 2 aromatic rings. The summed E-state index contributed by atoms with van der Waals surface area (Å²) in [5, 5.41) is 0. The number of aromatic nitrogens is 2. The predicted octanol–water partition coefficient (Wildman–Crippen LogP) is 2.40. The van der Waals surface area contributed by atoms with Gasteiger partial charge in [-0.2, -0.15) is 11.8 Å². The quantitative estimate of drug-likeness (QED) is 0.886. The van der Waals surface area contributed by atoms with Gasteiger partial charge in [-0.1, -0.05) is 0 Å². The van der Waals surface area contributed by atoms with Gasteiger partial charge in [0, 0.05) is 24.4 Å². The number of nitrogens with two attached hydrogens (primary N) is 1. The summed E-state index contributed by atoms with van der Waals surface area (Å²) in [4.78, 5) is 4.60. The Kier molecular flexibility index (Phi) is 3.07. The number of pyridine rings is 1. The molecule has 1 aliphatic heterocycles. The summed E-state index contributed by atoms with van der Waals surface area (Å²) in [5.74, 6) is 4.34. The molecular formula is C13H17N3S. The summed E-state index contributed by atoms with van der Waals surface area (Å²) >= 11 is 2.04. The molecule has 0 saturated carbocycles. The molecule has 0 spiro atoms. The van der Waals surface area contributed by atoms with Crippen molar-refractivity contribution < 1.29 is 0 Å². The maximum Gasteiger partial charge on any atom is 0.117 e. The molecular weight excluding hydrogens is 230 g/mol. The molecule has 0 radical (unpaired) electrons. The zero-order valence-electron chi connectivity index (χ0n) is 9.80. The average molecular weight is 247 g/mol. The molecule has 90 valence electrons. The van der Waals surface area contributed by atoms with Gasteiger partial charge in [0.15, 0.2) is 0 Å². The first kappa shape index (κ1) is 11.1.